The van der Waals surface area contributed by atoms with E-state index in [1.807, 2.05) is 6.07 Å². The minimum atomic E-state index is -0.300. The summed E-state index contributed by atoms with van der Waals surface area (Å²) in [4.78, 5) is 23.5. The van der Waals surface area contributed by atoms with E-state index in [-0.39, 0.29) is 18.2 Å². The number of carbonyl (C=O) groups excluding carboxylic acids is 2. The second kappa shape index (κ2) is 5.31. The fraction of sp³-hybridized carbons (Fsp3) is 0.143. The van der Waals surface area contributed by atoms with E-state index < -0.39 is 0 Å². The quantitative estimate of drug-likeness (QED) is 0.837. The van der Waals surface area contributed by atoms with Crippen LogP contribution in [0.3, 0.4) is 0 Å². The second-order valence-corrected chi connectivity index (χ2v) is 3.86. The molecule has 0 aliphatic heterocycles. The van der Waals surface area contributed by atoms with Crippen molar-refractivity contribution in [3.05, 3.63) is 59.5 Å². The zero-order chi connectivity index (χ0) is 13.0. The third kappa shape index (κ3) is 2.66. The van der Waals surface area contributed by atoms with Crippen LogP contribution in [0.4, 0.5) is 0 Å². The van der Waals surface area contributed by atoms with Crippen LogP contribution >= 0.6 is 0 Å². The molecule has 0 saturated heterocycles. The summed E-state index contributed by atoms with van der Waals surface area (Å²) in [5.74, 6) is 0.121. The number of carbonyl (C=O) groups is 2. The number of benzene rings is 1. The fourth-order valence-corrected chi connectivity index (χ4v) is 1.60. The van der Waals surface area contributed by atoms with E-state index in [2.05, 4.69) is 5.32 Å². The Morgan fingerprint density at radius 1 is 1.17 bits per heavy atom. The average Bonchev–Trinajstić information content (AvgIpc) is 2.83. The first-order valence-corrected chi connectivity index (χ1v) is 5.59. The van der Waals surface area contributed by atoms with Gasteiger partial charge in [0.15, 0.2) is 5.78 Å². The molecule has 1 N–H and O–H groups in total. The molecular weight excluding hydrogens is 230 g/mol. The summed E-state index contributed by atoms with van der Waals surface area (Å²) < 4.78 is 5.03. The fourth-order valence-electron chi connectivity index (χ4n) is 1.60. The zero-order valence-electron chi connectivity index (χ0n) is 9.97. The topological polar surface area (TPSA) is 59.3 Å². The Hall–Kier alpha value is -2.36. The molecule has 2 rings (SSSR count). The minimum Gasteiger partial charge on any atom is -0.469 e. The van der Waals surface area contributed by atoms with Gasteiger partial charge in [0.25, 0.3) is 5.91 Å². The van der Waals surface area contributed by atoms with Gasteiger partial charge in [-0.2, -0.15) is 0 Å². The SMILES string of the molecule is Cc1occc1C(=O)NCC(=O)c1ccccc1. The molecule has 1 aromatic carbocycles. The molecule has 2 aromatic rings. The number of Topliss-reactive ketones (excluding diaryl/α,β-unsaturated/α-hetero) is 1. The van der Waals surface area contributed by atoms with Gasteiger partial charge in [0.2, 0.25) is 0 Å². The summed E-state index contributed by atoms with van der Waals surface area (Å²) in [5.41, 5.74) is 1.04. The van der Waals surface area contributed by atoms with Crippen LogP contribution in [0.5, 0.6) is 0 Å². The van der Waals surface area contributed by atoms with Crippen molar-refractivity contribution in [3.8, 4) is 0 Å². The number of furan rings is 1. The average molecular weight is 243 g/mol. The lowest BCUT2D eigenvalue weighted by Crippen LogP contribution is -2.29. The maximum Gasteiger partial charge on any atom is 0.255 e. The first kappa shape index (κ1) is 12.1. The van der Waals surface area contributed by atoms with Crippen LogP contribution in [0.2, 0.25) is 0 Å². The highest BCUT2D eigenvalue weighted by Gasteiger charge is 2.12. The van der Waals surface area contributed by atoms with Crippen LogP contribution in [0.25, 0.3) is 0 Å². The predicted octanol–water partition coefficient (Wildman–Crippen LogP) is 2.20. The Kier molecular flexibility index (Phi) is 3.57. The Balaban J connectivity index is 1.95. The summed E-state index contributed by atoms with van der Waals surface area (Å²) in [6, 6.07) is 10.4. The molecular formula is C14H13NO3. The van der Waals surface area contributed by atoms with Crippen molar-refractivity contribution in [2.45, 2.75) is 6.92 Å². The number of amides is 1. The normalized spacial score (nSPS) is 10.1. The molecule has 0 radical (unpaired) electrons. The van der Waals surface area contributed by atoms with Crippen LogP contribution in [0.15, 0.2) is 47.1 Å². The molecule has 0 fully saturated rings. The Labute approximate surface area is 105 Å². The van der Waals surface area contributed by atoms with Gasteiger partial charge in [0.05, 0.1) is 18.4 Å². The van der Waals surface area contributed by atoms with Crippen LogP contribution in [0.1, 0.15) is 26.5 Å². The van der Waals surface area contributed by atoms with Crippen molar-refractivity contribution in [2.75, 3.05) is 6.54 Å². The first-order valence-electron chi connectivity index (χ1n) is 5.59. The predicted molar refractivity (Wildman–Crippen MR) is 66.6 cm³/mol. The Morgan fingerprint density at radius 3 is 2.50 bits per heavy atom. The largest absolute Gasteiger partial charge is 0.469 e. The minimum absolute atomic E-state index is 0.0204. The number of nitrogens with one attached hydrogen (secondary N) is 1. The highest BCUT2D eigenvalue weighted by Crippen LogP contribution is 2.08. The molecule has 92 valence electrons. The standard InChI is InChI=1S/C14H13NO3/c1-10-12(7-8-18-10)14(17)15-9-13(16)11-5-3-2-4-6-11/h2-8H,9H2,1H3,(H,15,17). The summed E-state index contributed by atoms with van der Waals surface area (Å²) in [7, 11) is 0. The molecule has 0 spiro atoms. The second-order valence-electron chi connectivity index (χ2n) is 3.86. The van der Waals surface area contributed by atoms with Gasteiger partial charge in [0, 0.05) is 5.56 Å². The molecule has 4 nitrogen and oxygen atoms in total. The number of ketones is 1. The zero-order valence-corrected chi connectivity index (χ0v) is 9.97. The third-order valence-electron chi connectivity index (χ3n) is 2.61. The van der Waals surface area contributed by atoms with Crippen LogP contribution in [-0.2, 0) is 0 Å². The molecule has 0 aliphatic carbocycles. The molecule has 0 atom stereocenters. The molecule has 0 aliphatic rings. The van der Waals surface area contributed by atoms with E-state index in [0.29, 0.717) is 16.9 Å². The van der Waals surface area contributed by atoms with Crippen LogP contribution in [-0.4, -0.2) is 18.2 Å². The molecule has 0 bridgehead atoms. The molecule has 4 heteroatoms. The maximum atomic E-state index is 11.8. The number of hydrogen-bond donors (Lipinski definition) is 1. The van der Waals surface area contributed by atoms with Gasteiger partial charge in [-0.1, -0.05) is 30.3 Å². The molecule has 1 amide bonds. The van der Waals surface area contributed by atoms with Gasteiger partial charge in [-0.25, -0.2) is 0 Å². The monoisotopic (exact) mass is 243 g/mol. The van der Waals surface area contributed by atoms with E-state index in [1.165, 1.54) is 6.26 Å². The molecule has 0 unspecified atom stereocenters. The highest BCUT2D eigenvalue weighted by molar-refractivity contribution is 6.02. The van der Waals surface area contributed by atoms with E-state index in [4.69, 9.17) is 4.42 Å². The first-order chi connectivity index (χ1) is 8.68. The van der Waals surface area contributed by atoms with Gasteiger partial charge in [-0.05, 0) is 13.0 Å². The number of hydrogen-bond acceptors (Lipinski definition) is 3. The van der Waals surface area contributed by atoms with E-state index >= 15 is 0 Å². The van der Waals surface area contributed by atoms with Gasteiger partial charge < -0.3 is 9.73 Å². The molecule has 1 aromatic heterocycles. The van der Waals surface area contributed by atoms with E-state index in [1.54, 1.807) is 37.3 Å². The molecule has 1 heterocycles. The Morgan fingerprint density at radius 2 is 1.89 bits per heavy atom. The van der Waals surface area contributed by atoms with Crippen molar-refractivity contribution in [2.24, 2.45) is 0 Å². The maximum absolute atomic E-state index is 11.8. The molecule has 18 heavy (non-hydrogen) atoms. The van der Waals surface area contributed by atoms with E-state index in [9.17, 15) is 9.59 Å². The summed E-state index contributed by atoms with van der Waals surface area (Å²) >= 11 is 0. The van der Waals surface area contributed by atoms with Gasteiger partial charge >= 0.3 is 0 Å². The van der Waals surface area contributed by atoms with Crippen LogP contribution in [0, 0.1) is 6.92 Å². The van der Waals surface area contributed by atoms with Crippen molar-refractivity contribution >= 4 is 11.7 Å². The van der Waals surface area contributed by atoms with Crippen molar-refractivity contribution < 1.29 is 14.0 Å². The summed E-state index contributed by atoms with van der Waals surface area (Å²) in [5, 5.41) is 2.58. The Bertz CT molecular complexity index is 557. The van der Waals surface area contributed by atoms with Crippen molar-refractivity contribution in [3.63, 3.8) is 0 Å². The number of aryl methyl sites for hydroxylation is 1. The smallest absolute Gasteiger partial charge is 0.255 e. The lowest BCUT2D eigenvalue weighted by atomic mass is 10.1. The lowest BCUT2D eigenvalue weighted by molar-refractivity contribution is 0.0903. The van der Waals surface area contributed by atoms with Gasteiger partial charge in [-0.3, -0.25) is 9.59 Å². The lowest BCUT2D eigenvalue weighted by Gasteiger charge is -2.03. The highest BCUT2D eigenvalue weighted by atomic mass is 16.3. The summed E-state index contributed by atoms with van der Waals surface area (Å²) in [6.45, 7) is 1.68. The van der Waals surface area contributed by atoms with Crippen molar-refractivity contribution in [1.82, 2.24) is 5.32 Å². The summed E-state index contributed by atoms with van der Waals surface area (Å²) in [6.07, 6.45) is 1.45. The number of rotatable bonds is 4. The van der Waals surface area contributed by atoms with E-state index in [0.717, 1.165) is 0 Å². The third-order valence-corrected chi connectivity index (χ3v) is 2.61. The van der Waals surface area contributed by atoms with Crippen LogP contribution < -0.4 is 5.32 Å². The van der Waals surface area contributed by atoms with Crippen molar-refractivity contribution in [1.29, 1.82) is 0 Å². The van der Waals surface area contributed by atoms with Gasteiger partial charge in [-0.15, -0.1) is 0 Å². The van der Waals surface area contributed by atoms with Gasteiger partial charge in [0.1, 0.15) is 5.76 Å². The molecule has 0 saturated carbocycles.